The molecule has 0 radical (unpaired) electrons. The van der Waals surface area contributed by atoms with Gasteiger partial charge in [-0.25, -0.2) is 4.39 Å². The quantitative estimate of drug-likeness (QED) is 0.829. The summed E-state index contributed by atoms with van der Waals surface area (Å²) >= 11 is 0. The van der Waals surface area contributed by atoms with Gasteiger partial charge in [-0.05, 0) is 43.5 Å². The lowest BCUT2D eigenvalue weighted by atomic mass is 10.1. The molecule has 0 aromatic heterocycles. The summed E-state index contributed by atoms with van der Waals surface area (Å²) in [6.45, 7) is 2.65. The van der Waals surface area contributed by atoms with E-state index in [1.807, 2.05) is 0 Å². The van der Waals surface area contributed by atoms with Crippen molar-refractivity contribution >= 4 is 5.91 Å². The summed E-state index contributed by atoms with van der Waals surface area (Å²) < 4.78 is 13.0. The standard InChI is InChI=1S/C17H18FNO/c1-13-7-9-14(10-8-13)4-3-11-19-17(20)15-5-2-6-16(18)12-15/h2,5-10,12H,3-4,11H2,1H3,(H,19,20). The number of aryl methyl sites for hydroxylation is 2. The molecular formula is C17H18FNO. The third-order valence-corrected chi connectivity index (χ3v) is 3.14. The van der Waals surface area contributed by atoms with Gasteiger partial charge in [0.2, 0.25) is 0 Å². The van der Waals surface area contributed by atoms with Crippen LogP contribution in [0.25, 0.3) is 0 Å². The van der Waals surface area contributed by atoms with Crippen molar-refractivity contribution in [3.63, 3.8) is 0 Å². The summed E-state index contributed by atoms with van der Waals surface area (Å²) in [5.41, 5.74) is 2.86. The Morgan fingerprint density at radius 2 is 1.90 bits per heavy atom. The number of benzene rings is 2. The van der Waals surface area contributed by atoms with E-state index < -0.39 is 5.82 Å². The molecule has 0 saturated heterocycles. The summed E-state index contributed by atoms with van der Waals surface area (Å²) in [6, 6.07) is 14.1. The molecule has 0 fully saturated rings. The largest absolute Gasteiger partial charge is 0.352 e. The SMILES string of the molecule is Cc1ccc(CCCNC(=O)c2cccc(F)c2)cc1. The Labute approximate surface area is 118 Å². The molecule has 0 aliphatic rings. The minimum absolute atomic E-state index is 0.228. The predicted octanol–water partition coefficient (Wildman–Crippen LogP) is 3.50. The van der Waals surface area contributed by atoms with Crippen molar-refractivity contribution in [3.05, 3.63) is 71.0 Å². The number of halogens is 1. The highest BCUT2D eigenvalue weighted by Crippen LogP contribution is 2.06. The van der Waals surface area contributed by atoms with E-state index in [4.69, 9.17) is 0 Å². The van der Waals surface area contributed by atoms with E-state index in [9.17, 15) is 9.18 Å². The monoisotopic (exact) mass is 271 g/mol. The smallest absolute Gasteiger partial charge is 0.251 e. The zero-order chi connectivity index (χ0) is 14.4. The van der Waals surface area contributed by atoms with Crippen LogP contribution in [0.2, 0.25) is 0 Å². The maximum absolute atomic E-state index is 13.0. The second-order valence-electron chi connectivity index (χ2n) is 4.86. The number of amides is 1. The van der Waals surface area contributed by atoms with Crippen LogP contribution in [0.5, 0.6) is 0 Å². The molecule has 1 N–H and O–H groups in total. The second-order valence-corrected chi connectivity index (χ2v) is 4.86. The van der Waals surface area contributed by atoms with E-state index in [0.717, 1.165) is 12.8 Å². The molecule has 0 aliphatic heterocycles. The van der Waals surface area contributed by atoms with Gasteiger partial charge in [0.25, 0.3) is 5.91 Å². The van der Waals surface area contributed by atoms with Gasteiger partial charge in [0.1, 0.15) is 5.82 Å². The van der Waals surface area contributed by atoms with Gasteiger partial charge in [0, 0.05) is 12.1 Å². The second kappa shape index (κ2) is 6.85. The number of nitrogens with one attached hydrogen (secondary N) is 1. The van der Waals surface area contributed by atoms with E-state index in [0.29, 0.717) is 12.1 Å². The van der Waals surface area contributed by atoms with Crippen LogP contribution < -0.4 is 5.32 Å². The molecule has 2 aromatic carbocycles. The number of rotatable bonds is 5. The topological polar surface area (TPSA) is 29.1 Å². The number of hydrogen-bond donors (Lipinski definition) is 1. The maximum Gasteiger partial charge on any atom is 0.251 e. The fraction of sp³-hybridized carbons (Fsp3) is 0.235. The Morgan fingerprint density at radius 3 is 2.60 bits per heavy atom. The molecule has 0 aliphatic carbocycles. The van der Waals surface area contributed by atoms with E-state index >= 15 is 0 Å². The molecule has 3 heteroatoms. The van der Waals surface area contributed by atoms with E-state index in [2.05, 4.69) is 36.5 Å². The van der Waals surface area contributed by atoms with Crippen LogP contribution in [0.1, 0.15) is 27.9 Å². The van der Waals surface area contributed by atoms with Crippen LogP contribution in [0.3, 0.4) is 0 Å². The molecule has 2 aromatic rings. The summed E-state index contributed by atoms with van der Waals surface area (Å²) in [5.74, 6) is -0.620. The summed E-state index contributed by atoms with van der Waals surface area (Å²) in [5, 5.41) is 2.80. The van der Waals surface area contributed by atoms with E-state index in [1.54, 1.807) is 6.07 Å². The molecule has 0 bridgehead atoms. The first-order chi connectivity index (χ1) is 9.65. The van der Waals surface area contributed by atoms with Crippen LogP contribution >= 0.6 is 0 Å². The minimum Gasteiger partial charge on any atom is -0.352 e. The molecule has 20 heavy (non-hydrogen) atoms. The first-order valence-corrected chi connectivity index (χ1v) is 6.74. The van der Waals surface area contributed by atoms with Crippen LogP contribution in [-0.2, 0) is 6.42 Å². The number of hydrogen-bond acceptors (Lipinski definition) is 1. The Kier molecular flexibility index (Phi) is 4.88. The summed E-state index contributed by atoms with van der Waals surface area (Å²) in [4.78, 5) is 11.8. The third-order valence-electron chi connectivity index (χ3n) is 3.14. The lowest BCUT2D eigenvalue weighted by Gasteiger charge is -2.06. The highest BCUT2D eigenvalue weighted by molar-refractivity contribution is 5.94. The average molecular weight is 271 g/mol. The molecule has 1 amide bonds. The first kappa shape index (κ1) is 14.3. The number of carbonyl (C=O) groups excluding carboxylic acids is 1. The van der Waals surface area contributed by atoms with E-state index in [-0.39, 0.29) is 5.91 Å². The molecule has 0 unspecified atom stereocenters. The van der Waals surface area contributed by atoms with Gasteiger partial charge in [-0.15, -0.1) is 0 Å². The lowest BCUT2D eigenvalue weighted by Crippen LogP contribution is -2.24. The summed E-state index contributed by atoms with van der Waals surface area (Å²) in [6.07, 6.45) is 1.79. The molecule has 2 rings (SSSR count). The summed E-state index contributed by atoms with van der Waals surface area (Å²) in [7, 11) is 0. The molecule has 0 saturated carbocycles. The van der Waals surface area contributed by atoms with Crippen LogP contribution in [0.4, 0.5) is 4.39 Å². The average Bonchev–Trinajstić information content (AvgIpc) is 2.45. The fourth-order valence-corrected chi connectivity index (χ4v) is 1.98. The van der Waals surface area contributed by atoms with Crippen molar-refractivity contribution in [1.29, 1.82) is 0 Å². The van der Waals surface area contributed by atoms with Crippen molar-refractivity contribution in [1.82, 2.24) is 5.32 Å². The van der Waals surface area contributed by atoms with Gasteiger partial charge in [-0.3, -0.25) is 4.79 Å². The van der Waals surface area contributed by atoms with Gasteiger partial charge in [0.05, 0.1) is 0 Å². The number of carbonyl (C=O) groups is 1. The van der Waals surface area contributed by atoms with Gasteiger partial charge in [-0.1, -0.05) is 35.9 Å². The molecule has 0 atom stereocenters. The molecule has 104 valence electrons. The normalized spacial score (nSPS) is 10.3. The van der Waals surface area contributed by atoms with E-state index in [1.165, 1.54) is 29.3 Å². The first-order valence-electron chi connectivity index (χ1n) is 6.74. The highest BCUT2D eigenvalue weighted by atomic mass is 19.1. The molecule has 0 heterocycles. The Morgan fingerprint density at radius 1 is 1.15 bits per heavy atom. The van der Waals surface area contributed by atoms with Gasteiger partial charge < -0.3 is 5.32 Å². The zero-order valence-corrected chi connectivity index (χ0v) is 11.5. The van der Waals surface area contributed by atoms with Gasteiger partial charge in [-0.2, -0.15) is 0 Å². The van der Waals surface area contributed by atoms with Crippen molar-refractivity contribution < 1.29 is 9.18 Å². The Bertz CT molecular complexity index is 578. The van der Waals surface area contributed by atoms with Crippen LogP contribution in [0, 0.1) is 12.7 Å². The predicted molar refractivity (Wildman–Crippen MR) is 78.2 cm³/mol. The minimum atomic E-state index is -0.391. The van der Waals surface area contributed by atoms with Crippen LogP contribution in [-0.4, -0.2) is 12.5 Å². The Balaban J connectivity index is 1.76. The Hall–Kier alpha value is -2.16. The maximum atomic E-state index is 13.0. The van der Waals surface area contributed by atoms with Crippen molar-refractivity contribution in [2.24, 2.45) is 0 Å². The van der Waals surface area contributed by atoms with Crippen molar-refractivity contribution in [2.75, 3.05) is 6.54 Å². The van der Waals surface area contributed by atoms with Crippen molar-refractivity contribution in [3.8, 4) is 0 Å². The lowest BCUT2D eigenvalue weighted by molar-refractivity contribution is 0.0953. The third kappa shape index (κ3) is 4.19. The van der Waals surface area contributed by atoms with Gasteiger partial charge >= 0.3 is 0 Å². The van der Waals surface area contributed by atoms with Crippen LogP contribution in [0.15, 0.2) is 48.5 Å². The highest BCUT2D eigenvalue weighted by Gasteiger charge is 2.05. The molecule has 0 spiro atoms. The van der Waals surface area contributed by atoms with Gasteiger partial charge in [0.15, 0.2) is 0 Å². The fourth-order valence-electron chi connectivity index (χ4n) is 1.98. The molecular weight excluding hydrogens is 253 g/mol. The molecule has 2 nitrogen and oxygen atoms in total. The zero-order valence-electron chi connectivity index (χ0n) is 11.5. The van der Waals surface area contributed by atoms with Crippen molar-refractivity contribution in [2.45, 2.75) is 19.8 Å².